The lowest BCUT2D eigenvalue weighted by atomic mass is 10.2. The van der Waals surface area contributed by atoms with Crippen LogP contribution in [0, 0.1) is 6.92 Å². The smallest absolute Gasteiger partial charge is 0.252 e. The molecule has 1 amide bonds. The molecule has 1 aliphatic heterocycles. The Hall–Kier alpha value is -1.81. The average Bonchev–Trinajstić information content (AvgIpc) is 3.02. The summed E-state index contributed by atoms with van der Waals surface area (Å²) < 4.78 is 7.48. The molecule has 19 heavy (non-hydrogen) atoms. The van der Waals surface area contributed by atoms with E-state index in [1.807, 2.05) is 35.9 Å². The number of fused-ring (bicyclic) bond motifs is 1. The Morgan fingerprint density at radius 2 is 2.37 bits per heavy atom. The molecule has 0 saturated carbocycles. The van der Waals surface area contributed by atoms with Gasteiger partial charge < -0.3 is 14.5 Å². The van der Waals surface area contributed by atoms with Crippen LogP contribution in [-0.2, 0) is 4.74 Å². The largest absolute Gasteiger partial charge is 0.376 e. The molecule has 0 radical (unpaired) electrons. The number of nitrogens with one attached hydrogen (secondary N) is 1. The predicted molar refractivity (Wildman–Crippen MR) is 73.4 cm³/mol. The van der Waals surface area contributed by atoms with Crippen molar-refractivity contribution < 1.29 is 9.53 Å². The fourth-order valence-corrected chi connectivity index (χ4v) is 2.50. The summed E-state index contributed by atoms with van der Waals surface area (Å²) in [6.45, 7) is 3.46. The number of rotatable bonds is 3. The van der Waals surface area contributed by atoms with Crippen molar-refractivity contribution in [1.29, 1.82) is 0 Å². The van der Waals surface area contributed by atoms with Crippen molar-refractivity contribution in [3.8, 4) is 0 Å². The first kappa shape index (κ1) is 12.2. The maximum atomic E-state index is 12.1. The molecule has 4 heteroatoms. The molecule has 1 fully saturated rings. The normalized spacial score (nSPS) is 18.9. The molecule has 4 nitrogen and oxygen atoms in total. The summed E-state index contributed by atoms with van der Waals surface area (Å²) in [5.74, 6) is -0.0382. The van der Waals surface area contributed by atoms with Gasteiger partial charge in [0.2, 0.25) is 0 Å². The van der Waals surface area contributed by atoms with Gasteiger partial charge in [0.1, 0.15) is 0 Å². The predicted octanol–water partition coefficient (Wildman–Crippen LogP) is 2.16. The van der Waals surface area contributed by atoms with E-state index in [9.17, 15) is 4.79 Å². The Morgan fingerprint density at radius 1 is 1.47 bits per heavy atom. The molecule has 3 heterocycles. The van der Waals surface area contributed by atoms with Crippen LogP contribution in [0.1, 0.15) is 28.8 Å². The number of hydrogen-bond acceptors (Lipinski definition) is 2. The van der Waals surface area contributed by atoms with Crippen LogP contribution in [-0.4, -0.2) is 29.6 Å². The molecule has 1 atom stereocenters. The zero-order valence-electron chi connectivity index (χ0n) is 11.1. The number of carbonyl (C=O) groups is 1. The van der Waals surface area contributed by atoms with E-state index in [2.05, 4.69) is 11.4 Å². The summed E-state index contributed by atoms with van der Waals surface area (Å²) in [6, 6.07) is 5.92. The minimum Gasteiger partial charge on any atom is -0.376 e. The Kier molecular flexibility index (Phi) is 3.25. The standard InChI is InChI=1S/C15H18N2O2/c1-11-7-13-5-4-12(10-17(13)9-11)15(18)16-8-14-3-2-6-19-14/h4-5,7,9-10,14H,2-3,6,8H2,1H3,(H,16,18)/t14-/m1/s1. The number of amides is 1. The monoisotopic (exact) mass is 258 g/mol. The van der Waals surface area contributed by atoms with E-state index in [-0.39, 0.29) is 12.0 Å². The van der Waals surface area contributed by atoms with Crippen LogP contribution in [0.2, 0.25) is 0 Å². The van der Waals surface area contributed by atoms with E-state index in [0.717, 1.165) is 25.0 Å². The molecule has 1 N–H and O–H groups in total. The molecule has 100 valence electrons. The van der Waals surface area contributed by atoms with Gasteiger partial charge in [0.25, 0.3) is 5.91 Å². The van der Waals surface area contributed by atoms with Crippen LogP contribution in [0.15, 0.2) is 30.6 Å². The van der Waals surface area contributed by atoms with Crippen molar-refractivity contribution in [2.24, 2.45) is 0 Å². The van der Waals surface area contributed by atoms with Crippen LogP contribution in [0.4, 0.5) is 0 Å². The van der Waals surface area contributed by atoms with Gasteiger partial charge >= 0.3 is 0 Å². The Labute approximate surface area is 112 Å². The molecule has 0 aliphatic carbocycles. The Morgan fingerprint density at radius 3 is 3.16 bits per heavy atom. The van der Waals surface area contributed by atoms with Crippen LogP contribution < -0.4 is 5.32 Å². The number of ether oxygens (including phenoxy) is 1. The third kappa shape index (κ3) is 2.63. The third-order valence-electron chi connectivity index (χ3n) is 3.50. The number of pyridine rings is 1. The second-order valence-corrected chi connectivity index (χ2v) is 5.11. The first-order chi connectivity index (χ1) is 9.22. The highest BCUT2D eigenvalue weighted by atomic mass is 16.5. The number of nitrogens with zero attached hydrogens (tertiary/aromatic N) is 1. The second kappa shape index (κ2) is 5.05. The van der Waals surface area contributed by atoms with Gasteiger partial charge in [-0.15, -0.1) is 0 Å². The summed E-state index contributed by atoms with van der Waals surface area (Å²) in [6.07, 6.45) is 6.20. The van der Waals surface area contributed by atoms with Gasteiger partial charge in [-0.05, 0) is 43.5 Å². The van der Waals surface area contributed by atoms with E-state index >= 15 is 0 Å². The second-order valence-electron chi connectivity index (χ2n) is 5.11. The molecule has 0 unspecified atom stereocenters. The SMILES string of the molecule is Cc1cc2ccc(C(=O)NC[C@H]3CCCO3)cn2c1. The molecule has 0 aromatic carbocycles. The van der Waals surface area contributed by atoms with E-state index in [0.29, 0.717) is 12.1 Å². The molecule has 1 saturated heterocycles. The van der Waals surface area contributed by atoms with Gasteiger partial charge in [-0.1, -0.05) is 0 Å². The minimum atomic E-state index is -0.0382. The molecular weight excluding hydrogens is 240 g/mol. The zero-order chi connectivity index (χ0) is 13.2. The lowest BCUT2D eigenvalue weighted by Gasteiger charge is -2.10. The number of carbonyl (C=O) groups excluding carboxylic acids is 1. The van der Waals surface area contributed by atoms with Crippen molar-refractivity contribution in [3.05, 3.63) is 41.7 Å². The quantitative estimate of drug-likeness (QED) is 0.916. The van der Waals surface area contributed by atoms with Gasteiger partial charge in [-0.3, -0.25) is 4.79 Å². The van der Waals surface area contributed by atoms with Gasteiger partial charge in [0.15, 0.2) is 0 Å². The average molecular weight is 258 g/mol. The van der Waals surface area contributed by atoms with Crippen molar-refractivity contribution in [1.82, 2.24) is 9.72 Å². The fraction of sp³-hybridized carbons (Fsp3) is 0.400. The third-order valence-corrected chi connectivity index (χ3v) is 3.50. The molecule has 0 spiro atoms. The van der Waals surface area contributed by atoms with Crippen molar-refractivity contribution >= 4 is 11.4 Å². The topological polar surface area (TPSA) is 42.7 Å². The molecule has 0 bridgehead atoms. The fourth-order valence-electron chi connectivity index (χ4n) is 2.50. The van der Waals surface area contributed by atoms with Crippen LogP contribution in [0.25, 0.3) is 5.52 Å². The number of aromatic nitrogens is 1. The first-order valence-electron chi connectivity index (χ1n) is 6.70. The van der Waals surface area contributed by atoms with E-state index in [1.54, 1.807) is 0 Å². The Balaban J connectivity index is 1.69. The van der Waals surface area contributed by atoms with E-state index in [4.69, 9.17) is 4.74 Å². The lowest BCUT2D eigenvalue weighted by molar-refractivity contribution is 0.0857. The van der Waals surface area contributed by atoms with Crippen molar-refractivity contribution in [2.75, 3.05) is 13.2 Å². The summed E-state index contributed by atoms with van der Waals surface area (Å²) in [5.41, 5.74) is 2.98. The molecule has 3 rings (SSSR count). The molecular formula is C15H18N2O2. The van der Waals surface area contributed by atoms with E-state index < -0.39 is 0 Å². The Bertz CT molecular complexity index is 597. The highest BCUT2D eigenvalue weighted by Crippen LogP contribution is 2.12. The maximum Gasteiger partial charge on any atom is 0.252 e. The van der Waals surface area contributed by atoms with Gasteiger partial charge in [0, 0.05) is 31.1 Å². The van der Waals surface area contributed by atoms with E-state index in [1.165, 1.54) is 5.56 Å². The van der Waals surface area contributed by atoms with Gasteiger partial charge in [0.05, 0.1) is 11.7 Å². The summed E-state index contributed by atoms with van der Waals surface area (Å²) in [5, 5.41) is 2.94. The zero-order valence-corrected chi connectivity index (χ0v) is 11.1. The molecule has 2 aromatic rings. The summed E-state index contributed by atoms with van der Waals surface area (Å²) >= 11 is 0. The van der Waals surface area contributed by atoms with Crippen LogP contribution in [0.5, 0.6) is 0 Å². The highest BCUT2D eigenvalue weighted by molar-refractivity contribution is 5.94. The number of aryl methyl sites for hydroxylation is 1. The van der Waals surface area contributed by atoms with Crippen LogP contribution in [0.3, 0.4) is 0 Å². The van der Waals surface area contributed by atoms with Gasteiger partial charge in [-0.2, -0.15) is 0 Å². The van der Waals surface area contributed by atoms with Crippen LogP contribution >= 0.6 is 0 Å². The summed E-state index contributed by atoms with van der Waals surface area (Å²) in [4.78, 5) is 12.1. The molecule has 2 aromatic heterocycles. The number of hydrogen-bond donors (Lipinski definition) is 1. The summed E-state index contributed by atoms with van der Waals surface area (Å²) in [7, 11) is 0. The first-order valence-corrected chi connectivity index (χ1v) is 6.70. The van der Waals surface area contributed by atoms with Crippen molar-refractivity contribution in [3.63, 3.8) is 0 Å². The van der Waals surface area contributed by atoms with Gasteiger partial charge in [-0.25, -0.2) is 0 Å². The minimum absolute atomic E-state index is 0.0382. The lowest BCUT2D eigenvalue weighted by Crippen LogP contribution is -2.31. The van der Waals surface area contributed by atoms with Crippen molar-refractivity contribution in [2.45, 2.75) is 25.9 Å². The highest BCUT2D eigenvalue weighted by Gasteiger charge is 2.16. The molecule has 1 aliphatic rings. The maximum absolute atomic E-state index is 12.1.